The number of carbonyl (C=O) groups excluding carboxylic acids is 1. The summed E-state index contributed by atoms with van der Waals surface area (Å²) < 4.78 is 65.7. The third-order valence-electron chi connectivity index (χ3n) is 5.52. The molecule has 3 aromatic rings. The van der Waals surface area contributed by atoms with E-state index >= 15 is 8.78 Å². The highest BCUT2D eigenvalue weighted by Gasteiger charge is 2.37. The molecule has 0 atom stereocenters. The number of alkyl halides is 2. The Labute approximate surface area is 185 Å². The molecule has 172 valence electrons. The number of benzene rings is 1. The lowest BCUT2D eigenvalue weighted by molar-refractivity contribution is -0.0501. The Morgan fingerprint density at radius 2 is 1.88 bits per heavy atom. The molecule has 3 heterocycles. The summed E-state index contributed by atoms with van der Waals surface area (Å²) in [6.07, 6.45) is 3.14. The van der Waals surface area contributed by atoms with Crippen molar-refractivity contribution in [3.05, 3.63) is 53.6 Å². The molecule has 1 aliphatic heterocycles. The smallest absolute Gasteiger partial charge is 0.387 e. The topological polar surface area (TPSA) is 69.5 Å². The van der Waals surface area contributed by atoms with E-state index in [1.165, 1.54) is 16.7 Å². The number of rotatable bonds is 7. The average molecular weight is 462 g/mol. The first kappa shape index (κ1) is 21.2. The standard InChI is InChI=1S/C22H18F4N4O3/c1-11-19(30-10-29(9-12-2-3-12)21(31)20(30)28-11)18-15(23)6-14(7-16(18)24)32-17-5-4-13(8-27-17)33-22(25)26/h4-8,12,22H,2-3,9-10H2,1H3. The fourth-order valence-corrected chi connectivity index (χ4v) is 3.87. The first-order valence-corrected chi connectivity index (χ1v) is 10.2. The van der Waals surface area contributed by atoms with Gasteiger partial charge in [-0.25, -0.2) is 18.7 Å². The van der Waals surface area contributed by atoms with Gasteiger partial charge in [0.25, 0.3) is 5.91 Å². The van der Waals surface area contributed by atoms with E-state index in [-0.39, 0.29) is 47.0 Å². The SMILES string of the molecule is Cc1nc2n(c1-c1c(F)cc(Oc3ccc(OC(F)F)cn3)cc1F)CN(CC1CC1)C2=O. The number of halogens is 4. The van der Waals surface area contributed by atoms with E-state index in [9.17, 15) is 13.6 Å². The van der Waals surface area contributed by atoms with Crippen LogP contribution in [0.25, 0.3) is 11.3 Å². The molecule has 11 heteroatoms. The minimum Gasteiger partial charge on any atom is -0.439 e. The Hall–Kier alpha value is -3.63. The van der Waals surface area contributed by atoms with Gasteiger partial charge in [-0.2, -0.15) is 8.78 Å². The number of fused-ring (bicyclic) bond motifs is 1. The summed E-state index contributed by atoms with van der Waals surface area (Å²) >= 11 is 0. The Morgan fingerprint density at radius 1 is 1.15 bits per heavy atom. The van der Waals surface area contributed by atoms with Crippen molar-refractivity contribution in [1.29, 1.82) is 0 Å². The Kier molecular flexibility index (Phi) is 5.18. The van der Waals surface area contributed by atoms with Crippen molar-refractivity contribution in [2.24, 2.45) is 5.92 Å². The van der Waals surface area contributed by atoms with Crippen LogP contribution in [0.2, 0.25) is 0 Å². The fourth-order valence-electron chi connectivity index (χ4n) is 3.87. The van der Waals surface area contributed by atoms with Crippen molar-refractivity contribution >= 4 is 5.91 Å². The lowest BCUT2D eigenvalue weighted by Gasteiger charge is -2.16. The maximum atomic E-state index is 15.1. The molecule has 0 spiro atoms. The van der Waals surface area contributed by atoms with E-state index in [0.717, 1.165) is 31.2 Å². The summed E-state index contributed by atoms with van der Waals surface area (Å²) in [4.78, 5) is 22.3. The number of nitrogens with zero attached hydrogens (tertiary/aromatic N) is 4. The maximum Gasteiger partial charge on any atom is 0.387 e. The summed E-state index contributed by atoms with van der Waals surface area (Å²) in [7, 11) is 0. The van der Waals surface area contributed by atoms with Crippen LogP contribution in [0.15, 0.2) is 30.5 Å². The Balaban J connectivity index is 1.41. The first-order chi connectivity index (χ1) is 15.8. The molecule has 1 saturated carbocycles. The molecule has 0 saturated heterocycles. The van der Waals surface area contributed by atoms with Gasteiger partial charge in [-0.3, -0.25) is 4.79 Å². The zero-order chi connectivity index (χ0) is 23.3. The van der Waals surface area contributed by atoms with Gasteiger partial charge in [-0.1, -0.05) is 0 Å². The number of ether oxygens (including phenoxy) is 2. The minimum absolute atomic E-state index is 0.0640. The van der Waals surface area contributed by atoms with E-state index in [1.807, 2.05) is 0 Å². The first-order valence-electron chi connectivity index (χ1n) is 10.2. The predicted octanol–water partition coefficient (Wildman–Crippen LogP) is 4.75. The van der Waals surface area contributed by atoms with Gasteiger partial charge in [0.2, 0.25) is 11.7 Å². The van der Waals surface area contributed by atoms with Gasteiger partial charge in [-0.05, 0) is 31.7 Å². The van der Waals surface area contributed by atoms with Gasteiger partial charge in [-0.15, -0.1) is 0 Å². The normalized spacial score (nSPS) is 15.3. The minimum atomic E-state index is -3.00. The molecule has 7 nitrogen and oxygen atoms in total. The van der Waals surface area contributed by atoms with E-state index in [1.54, 1.807) is 11.8 Å². The van der Waals surface area contributed by atoms with Crippen molar-refractivity contribution in [2.75, 3.05) is 6.54 Å². The van der Waals surface area contributed by atoms with E-state index in [0.29, 0.717) is 18.2 Å². The maximum absolute atomic E-state index is 15.1. The Morgan fingerprint density at radius 3 is 2.48 bits per heavy atom. The van der Waals surface area contributed by atoms with Crippen LogP contribution in [0.4, 0.5) is 17.6 Å². The molecule has 1 aliphatic carbocycles. The van der Waals surface area contributed by atoms with Gasteiger partial charge < -0.3 is 18.9 Å². The van der Waals surface area contributed by atoms with E-state index in [2.05, 4.69) is 14.7 Å². The number of hydrogen-bond acceptors (Lipinski definition) is 5. The zero-order valence-electron chi connectivity index (χ0n) is 17.4. The number of amides is 1. The molecule has 1 amide bonds. The summed E-state index contributed by atoms with van der Waals surface area (Å²) in [6.45, 7) is -0.615. The van der Waals surface area contributed by atoms with Crippen LogP contribution in [0, 0.1) is 24.5 Å². The van der Waals surface area contributed by atoms with Gasteiger partial charge in [0.05, 0.1) is 29.8 Å². The second kappa shape index (κ2) is 8.05. The average Bonchev–Trinajstić information content (AvgIpc) is 3.45. The molecule has 0 bridgehead atoms. The van der Waals surface area contributed by atoms with E-state index < -0.39 is 18.2 Å². The highest BCUT2D eigenvalue weighted by Crippen LogP contribution is 2.37. The summed E-state index contributed by atoms with van der Waals surface area (Å²) in [5.74, 6) is -1.83. The number of aromatic nitrogens is 3. The summed E-state index contributed by atoms with van der Waals surface area (Å²) in [6, 6.07) is 4.40. The largest absolute Gasteiger partial charge is 0.439 e. The summed E-state index contributed by atoms with van der Waals surface area (Å²) in [5.41, 5.74) is 0.227. The van der Waals surface area contributed by atoms with Crippen LogP contribution in [0.5, 0.6) is 17.4 Å². The van der Waals surface area contributed by atoms with Crippen LogP contribution in [-0.2, 0) is 6.67 Å². The van der Waals surface area contributed by atoms with Gasteiger partial charge in [0.1, 0.15) is 23.1 Å². The van der Waals surface area contributed by atoms with Gasteiger partial charge in [0, 0.05) is 24.7 Å². The second-order valence-corrected chi connectivity index (χ2v) is 7.98. The van der Waals surface area contributed by atoms with Crippen molar-refractivity contribution in [3.8, 4) is 28.6 Å². The number of hydrogen-bond donors (Lipinski definition) is 0. The summed E-state index contributed by atoms with van der Waals surface area (Å²) in [5, 5.41) is 0. The molecule has 1 aromatic carbocycles. The number of pyridine rings is 1. The van der Waals surface area contributed by atoms with Crippen molar-refractivity contribution < 1.29 is 31.8 Å². The van der Waals surface area contributed by atoms with Crippen molar-refractivity contribution in [3.63, 3.8) is 0 Å². The molecule has 1 fully saturated rings. The predicted molar refractivity (Wildman–Crippen MR) is 107 cm³/mol. The lowest BCUT2D eigenvalue weighted by Crippen LogP contribution is -2.27. The Bertz CT molecular complexity index is 1200. The van der Waals surface area contributed by atoms with Crippen molar-refractivity contribution in [2.45, 2.75) is 33.0 Å². The molecule has 2 aliphatic rings. The third kappa shape index (κ3) is 4.10. The zero-order valence-corrected chi connectivity index (χ0v) is 17.4. The molecule has 0 unspecified atom stereocenters. The highest BCUT2D eigenvalue weighted by molar-refractivity contribution is 5.94. The number of aryl methyl sites for hydroxylation is 1. The van der Waals surface area contributed by atoms with Crippen LogP contribution in [0.1, 0.15) is 29.2 Å². The van der Waals surface area contributed by atoms with E-state index in [4.69, 9.17) is 4.74 Å². The molecule has 5 rings (SSSR count). The quantitative estimate of drug-likeness (QED) is 0.474. The van der Waals surface area contributed by atoms with Crippen LogP contribution >= 0.6 is 0 Å². The van der Waals surface area contributed by atoms with Crippen LogP contribution < -0.4 is 9.47 Å². The molecular weight excluding hydrogens is 444 g/mol. The molecule has 0 N–H and O–H groups in total. The monoisotopic (exact) mass is 462 g/mol. The molecular formula is C22H18F4N4O3. The van der Waals surface area contributed by atoms with Crippen LogP contribution in [0.3, 0.4) is 0 Å². The van der Waals surface area contributed by atoms with Crippen LogP contribution in [-0.4, -0.2) is 38.5 Å². The van der Waals surface area contributed by atoms with Gasteiger partial charge in [0.15, 0.2) is 0 Å². The van der Waals surface area contributed by atoms with Crippen molar-refractivity contribution in [1.82, 2.24) is 19.4 Å². The lowest BCUT2D eigenvalue weighted by atomic mass is 10.1. The number of imidazole rings is 1. The third-order valence-corrected chi connectivity index (χ3v) is 5.52. The molecule has 0 radical (unpaired) electrons. The molecule has 33 heavy (non-hydrogen) atoms. The van der Waals surface area contributed by atoms with Gasteiger partial charge >= 0.3 is 6.61 Å². The molecule has 2 aromatic heterocycles. The second-order valence-electron chi connectivity index (χ2n) is 7.98. The highest BCUT2D eigenvalue weighted by atomic mass is 19.3. The number of carbonyl (C=O) groups is 1. The fraction of sp³-hybridized carbons (Fsp3) is 0.318.